The summed E-state index contributed by atoms with van der Waals surface area (Å²) in [4.78, 5) is 7.00. The van der Waals surface area contributed by atoms with Gasteiger partial charge in [0.1, 0.15) is 11.1 Å². The fourth-order valence-corrected chi connectivity index (χ4v) is 8.19. The van der Waals surface area contributed by atoms with Crippen molar-refractivity contribution in [2.75, 3.05) is 4.90 Å². The SMILES string of the molecule is c1ccc2cc(N(c3ccc(-c4ccc(-n5c6ccccc6c6ccccc65)cc4)cc3)c3ccc(-c4ccnc5c4oc4ccccc45)cc3)ccc2c1. The van der Waals surface area contributed by atoms with Gasteiger partial charge in [0.05, 0.1) is 11.0 Å². The van der Waals surface area contributed by atoms with Crippen LogP contribution in [0.3, 0.4) is 0 Å². The van der Waals surface area contributed by atoms with Gasteiger partial charge < -0.3 is 13.9 Å². The average molecular weight is 704 g/mol. The fourth-order valence-electron chi connectivity index (χ4n) is 8.19. The van der Waals surface area contributed by atoms with Crippen LogP contribution in [-0.2, 0) is 0 Å². The highest BCUT2D eigenvalue weighted by molar-refractivity contribution is 6.09. The van der Waals surface area contributed by atoms with Gasteiger partial charge in [-0.25, -0.2) is 0 Å². The molecule has 3 aromatic heterocycles. The monoisotopic (exact) mass is 703 g/mol. The summed E-state index contributed by atoms with van der Waals surface area (Å²) in [6.45, 7) is 0. The standard InChI is InChI=1S/C51H33N3O/c1-2-10-38-33-42(30-21-34(38)9-1)53(40-28-22-37(23-29-40)43-31-32-52-50-46-13-5-8-16-49(46)55-51(43)50)39-24-17-35(18-25-39)36-19-26-41(27-20-36)54-47-14-6-3-11-44(47)45-12-4-7-15-48(45)54/h1-33H. The number of pyridine rings is 1. The Kier molecular flexibility index (Phi) is 7.14. The summed E-state index contributed by atoms with van der Waals surface area (Å²) in [5.74, 6) is 0. The molecular formula is C51H33N3O. The van der Waals surface area contributed by atoms with Crippen molar-refractivity contribution in [3.63, 3.8) is 0 Å². The lowest BCUT2D eigenvalue weighted by Crippen LogP contribution is -2.09. The van der Waals surface area contributed by atoms with Gasteiger partial charge in [0, 0.05) is 50.7 Å². The molecule has 0 aliphatic rings. The van der Waals surface area contributed by atoms with Crippen LogP contribution in [0.25, 0.3) is 82.6 Å². The van der Waals surface area contributed by atoms with Crippen LogP contribution in [-0.4, -0.2) is 9.55 Å². The van der Waals surface area contributed by atoms with E-state index in [0.29, 0.717) is 0 Å². The summed E-state index contributed by atoms with van der Waals surface area (Å²) < 4.78 is 8.69. The molecule has 55 heavy (non-hydrogen) atoms. The molecule has 0 unspecified atom stereocenters. The number of anilines is 3. The Labute approximate surface area is 317 Å². The number of hydrogen-bond donors (Lipinski definition) is 0. The molecule has 0 aliphatic carbocycles. The number of nitrogens with zero attached hydrogens (tertiary/aromatic N) is 3. The minimum Gasteiger partial charge on any atom is -0.454 e. The highest BCUT2D eigenvalue weighted by atomic mass is 16.3. The minimum absolute atomic E-state index is 0.807. The van der Waals surface area contributed by atoms with Gasteiger partial charge in [0.25, 0.3) is 0 Å². The number of hydrogen-bond acceptors (Lipinski definition) is 3. The van der Waals surface area contributed by atoms with E-state index in [-0.39, 0.29) is 0 Å². The molecule has 258 valence electrons. The van der Waals surface area contributed by atoms with E-state index >= 15 is 0 Å². The van der Waals surface area contributed by atoms with E-state index in [2.05, 4.69) is 184 Å². The fraction of sp³-hybridized carbons (Fsp3) is 0. The van der Waals surface area contributed by atoms with E-state index in [1.54, 1.807) is 0 Å². The van der Waals surface area contributed by atoms with Crippen LogP contribution >= 0.6 is 0 Å². The van der Waals surface area contributed by atoms with Crippen LogP contribution in [0.1, 0.15) is 0 Å². The molecule has 0 saturated carbocycles. The number of fused-ring (bicyclic) bond motifs is 7. The van der Waals surface area contributed by atoms with Gasteiger partial charge >= 0.3 is 0 Å². The third-order valence-electron chi connectivity index (χ3n) is 10.9. The number of para-hydroxylation sites is 3. The van der Waals surface area contributed by atoms with Crippen molar-refractivity contribution in [1.29, 1.82) is 0 Å². The molecule has 3 heterocycles. The van der Waals surface area contributed by atoms with Gasteiger partial charge in [-0.2, -0.15) is 0 Å². The van der Waals surface area contributed by atoms with Crippen molar-refractivity contribution >= 4 is 71.7 Å². The molecule has 0 amide bonds. The zero-order chi connectivity index (χ0) is 36.3. The molecule has 0 saturated heterocycles. The lowest BCUT2D eigenvalue weighted by molar-refractivity contribution is 0.669. The Bertz CT molecular complexity index is 3140. The molecule has 0 atom stereocenters. The summed E-state index contributed by atoms with van der Waals surface area (Å²) in [7, 11) is 0. The smallest absolute Gasteiger partial charge is 0.161 e. The van der Waals surface area contributed by atoms with Crippen LogP contribution in [0.2, 0.25) is 0 Å². The normalized spacial score (nSPS) is 11.6. The van der Waals surface area contributed by atoms with Crippen molar-refractivity contribution in [1.82, 2.24) is 9.55 Å². The quantitative estimate of drug-likeness (QED) is 0.173. The summed E-state index contributed by atoms with van der Waals surface area (Å²) in [6.07, 6.45) is 1.87. The third kappa shape index (κ3) is 5.19. The van der Waals surface area contributed by atoms with Gasteiger partial charge in [-0.05, 0) is 106 Å². The van der Waals surface area contributed by atoms with Gasteiger partial charge in [-0.15, -0.1) is 0 Å². The van der Waals surface area contributed by atoms with Gasteiger partial charge in [-0.3, -0.25) is 4.98 Å². The second-order valence-electron chi connectivity index (χ2n) is 14.0. The molecular weight excluding hydrogens is 671 g/mol. The van der Waals surface area contributed by atoms with E-state index in [1.165, 1.54) is 43.7 Å². The number of benzene rings is 8. The second-order valence-corrected chi connectivity index (χ2v) is 14.0. The van der Waals surface area contributed by atoms with E-state index in [4.69, 9.17) is 4.42 Å². The first-order valence-electron chi connectivity index (χ1n) is 18.6. The third-order valence-corrected chi connectivity index (χ3v) is 10.9. The van der Waals surface area contributed by atoms with Crippen molar-refractivity contribution in [3.05, 3.63) is 200 Å². The second kappa shape index (κ2) is 12.6. The highest BCUT2D eigenvalue weighted by Gasteiger charge is 2.17. The van der Waals surface area contributed by atoms with Crippen molar-refractivity contribution < 1.29 is 4.42 Å². The van der Waals surface area contributed by atoms with Gasteiger partial charge in [0.15, 0.2) is 5.58 Å². The molecule has 0 N–H and O–H groups in total. The zero-order valence-corrected chi connectivity index (χ0v) is 29.8. The van der Waals surface area contributed by atoms with E-state index in [0.717, 1.165) is 55.9 Å². The molecule has 4 heteroatoms. The highest BCUT2D eigenvalue weighted by Crippen LogP contribution is 2.40. The summed E-state index contributed by atoms with van der Waals surface area (Å²) in [5.41, 5.74) is 13.8. The Balaban J connectivity index is 0.958. The maximum absolute atomic E-state index is 6.33. The van der Waals surface area contributed by atoms with Crippen LogP contribution < -0.4 is 4.90 Å². The topological polar surface area (TPSA) is 34.2 Å². The van der Waals surface area contributed by atoms with Gasteiger partial charge in [0.2, 0.25) is 0 Å². The lowest BCUT2D eigenvalue weighted by atomic mass is 10.0. The predicted molar refractivity (Wildman–Crippen MR) is 229 cm³/mol. The summed E-state index contributed by atoms with van der Waals surface area (Å²) >= 11 is 0. The van der Waals surface area contributed by atoms with Crippen molar-refractivity contribution in [2.24, 2.45) is 0 Å². The molecule has 0 fully saturated rings. The Hall–Kier alpha value is -7.43. The first kappa shape index (κ1) is 31.1. The van der Waals surface area contributed by atoms with Crippen LogP contribution in [0.4, 0.5) is 17.1 Å². The van der Waals surface area contributed by atoms with Crippen molar-refractivity contribution in [2.45, 2.75) is 0 Å². The first-order chi connectivity index (χ1) is 27.3. The molecule has 11 rings (SSSR count). The summed E-state index contributed by atoms with van der Waals surface area (Å²) in [6, 6.07) is 69.2. The minimum atomic E-state index is 0.807. The van der Waals surface area contributed by atoms with Crippen LogP contribution in [0.5, 0.6) is 0 Å². The number of furan rings is 1. The molecule has 8 aromatic carbocycles. The molecule has 4 nitrogen and oxygen atoms in total. The van der Waals surface area contributed by atoms with E-state index in [1.807, 2.05) is 30.5 Å². The summed E-state index contributed by atoms with van der Waals surface area (Å²) in [5, 5.41) is 5.98. The van der Waals surface area contributed by atoms with Crippen LogP contribution in [0, 0.1) is 0 Å². The Morgan fingerprint density at radius 3 is 1.67 bits per heavy atom. The Morgan fingerprint density at radius 1 is 0.436 bits per heavy atom. The maximum atomic E-state index is 6.33. The average Bonchev–Trinajstić information content (AvgIpc) is 3.81. The largest absolute Gasteiger partial charge is 0.454 e. The Morgan fingerprint density at radius 2 is 0.982 bits per heavy atom. The van der Waals surface area contributed by atoms with Crippen LogP contribution in [0.15, 0.2) is 205 Å². The molecule has 0 bridgehead atoms. The zero-order valence-electron chi connectivity index (χ0n) is 29.8. The number of aromatic nitrogens is 2. The predicted octanol–water partition coefficient (Wildman–Crippen LogP) is 14.0. The first-order valence-corrected chi connectivity index (χ1v) is 18.6. The molecule has 0 aliphatic heterocycles. The van der Waals surface area contributed by atoms with Gasteiger partial charge in [-0.1, -0.05) is 115 Å². The van der Waals surface area contributed by atoms with E-state index in [9.17, 15) is 0 Å². The number of rotatable bonds is 6. The maximum Gasteiger partial charge on any atom is 0.161 e. The van der Waals surface area contributed by atoms with Crippen molar-refractivity contribution in [3.8, 4) is 27.9 Å². The molecule has 11 aromatic rings. The lowest BCUT2D eigenvalue weighted by Gasteiger charge is -2.26. The molecule has 0 spiro atoms. The molecule has 0 radical (unpaired) electrons. The van der Waals surface area contributed by atoms with E-state index < -0.39 is 0 Å².